The molecule has 0 radical (unpaired) electrons. The van der Waals surface area contributed by atoms with Crippen LogP contribution in [0.25, 0.3) is 0 Å². The third kappa shape index (κ3) is 2.47. The minimum absolute atomic E-state index is 0.830. The zero-order chi connectivity index (χ0) is 11.5. The summed E-state index contributed by atoms with van der Waals surface area (Å²) in [6.07, 6.45) is 1.94. The number of rotatable bonds is 3. The minimum atomic E-state index is 0.830. The summed E-state index contributed by atoms with van der Waals surface area (Å²) in [5.41, 5.74) is 4.94. The van der Waals surface area contributed by atoms with E-state index in [1.165, 1.54) is 22.5 Å². The van der Waals surface area contributed by atoms with Crippen LogP contribution in [-0.2, 0) is 6.54 Å². The Morgan fingerprint density at radius 1 is 1.25 bits per heavy atom. The average molecular weight is 279 g/mol. The largest absolute Gasteiger partial charge is 0.379 e. The predicted octanol–water partition coefficient (Wildman–Crippen LogP) is 4.01. The molecule has 2 N–H and O–H groups in total. The van der Waals surface area contributed by atoms with Crippen LogP contribution >= 0.6 is 15.9 Å². The smallest absolute Gasteiger partial charge is 0.0551 e. The summed E-state index contributed by atoms with van der Waals surface area (Å²) in [4.78, 5) is 3.19. The van der Waals surface area contributed by atoms with Crippen molar-refractivity contribution in [3.63, 3.8) is 0 Å². The second-order valence-electron chi connectivity index (χ2n) is 3.96. The fourth-order valence-corrected chi connectivity index (χ4v) is 2.54. The molecule has 16 heavy (non-hydrogen) atoms. The predicted molar refractivity (Wildman–Crippen MR) is 71.7 cm³/mol. The van der Waals surface area contributed by atoms with E-state index in [4.69, 9.17) is 0 Å². The fraction of sp³-hybridized carbons (Fsp3) is 0.231. The lowest BCUT2D eigenvalue weighted by Crippen LogP contribution is -2.03. The standard InChI is InChI=1S/C13H15BrN2/c1-9-6-11(14)7-10(2)13(9)16-8-12-4-3-5-15-12/h3-7,15-16H,8H2,1-2H3. The van der Waals surface area contributed by atoms with E-state index in [9.17, 15) is 0 Å². The number of halogens is 1. The molecule has 0 saturated heterocycles. The zero-order valence-electron chi connectivity index (χ0n) is 9.47. The van der Waals surface area contributed by atoms with Gasteiger partial charge in [0.05, 0.1) is 6.54 Å². The van der Waals surface area contributed by atoms with Gasteiger partial charge in [0.15, 0.2) is 0 Å². The van der Waals surface area contributed by atoms with Gasteiger partial charge >= 0.3 is 0 Å². The van der Waals surface area contributed by atoms with Crippen molar-refractivity contribution in [1.29, 1.82) is 0 Å². The lowest BCUT2D eigenvalue weighted by Gasteiger charge is -2.12. The first-order valence-electron chi connectivity index (χ1n) is 5.29. The van der Waals surface area contributed by atoms with Crippen molar-refractivity contribution >= 4 is 21.6 Å². The molecule has 0 saturated carbocycles. The van der Waals surface area contributed by atoms with E-state index in [1.807, 2.05) is 12.3 Å². The number of benzene rings is 1. The first-order valence-corrected chi connectivity index (χ1v) is 6.09. The van der Waals surface area contributed by atoms with Gasteiger partial charge in [0.1, 0.15) is 0 Å². The van der Waals surface area contributed by atoms with Gasteiger partial charge in [-0.3, -0.25) is 0 Å². The molecule has 84 valence electrons. The SMILES string of the molecule is Cc1cc(Br)cc(C)c1NCc1ccc[nH]1. The molecule has 0 spiro atoms. The van der Waals surface area contributed by atoms with Crippen molar-refractivity contribution in [2.45, 2.75) is 20.4 Å². The highest BCUT2D eigenvalue weighted by Gasteiger charge is 2.03. The highest BCUT2D eigenvalue weighted by atomic mass is 79.9. The van der Waals surface area contributed by atoms with E-state index >= 15 is 0 Å². The molecule has 0 atom stereocenters. The monoisotopic (exact) mass is 278 g/mol. The van der Waals surface area contributed by atoms with Crippen molar-refractivity contribution in [2.75, 3.05) is 5.32 Å². The molecule has 3 heteroatoms. The summed E-state index contributed by atoms with van der Waals surface area (Å²) in [6, 6.07) is 8.35. The van der Waals surface area contributed by atoms with Crippen LogP contribution in [0.4, 0.5) is 5.69 Å². The van der Waals surface area contributed by atoms with Crippen LogP contribution in [0.1, 0.15) is 16.8 Å². The molecule has 2 rings (SSSR count). The maximum absolute atomic E-state index is 3.50. The maximum atomic E-state index is 3.50. The van der Waals surface area contributed by atoms with Crippen molar-refractivity contribution in [3.8, 4) is 0 Å². The van der Waals surface area contributed by atoms with E-state index in [1.54, 1.807) is 0 Å². The van der Waals surface area contributed by atoms with Gasteiger partial charge < -0.3 is 10.3 Å². The quantitative estimate of drug-likeness (QED) is 0.873. The number of H-pyrrole nitrogens is 1. The number of nitrogens with one attached hydrogen (secondary N) is 2. The van der Waals surface area contributed by atoms with Crippen LogP contribution in [0, 0.1) is 13.8 Å². The van der Waals surface area contributed by atoms with Crippen molar-refractivity contribution in [3.05, 3.63) is 51.8 Å². The Bertz CT molecular complexity index is 452. The molecule has 0 aliphatic carbocycles. The van der Waals surface area contributed by atoms with E-state index in [2.05, 4.69) is 58.3 Å². The number of anilines is 1. The van der Waals surface area contributed by atoms with Gasteiger partial charge in [-0.05, 0) is 49.2 Å². The Kier molecular flexibility index (Phi) is 3.34. The molecule has 2 nitrogen and oxygen atoms in total. The van der Waals surface area contributed by atoms with Crippen LogP contribution in [0.15, 0.2) is 34.9 Å². The zero-order valence-corrected chi connectivity index (χ0v) is 11.1. The molecular formula is C13H15BrN2. The molecule has 0 amide bonds. The van der Waals surface area contributed by atoms with E-state index in [0.717, 1.165) is 11.0 Å². The minimum Gasteiger partial charge on any atom is -0.379 e. The van der Waals surface area contributed by atoms with Crippen molar-refractivity contribution in [1.82, 2.24) is 4.98 Å². The van der Waals surface area contributed by atoms with Gasteiger partial charge in [-0.1, -0.05) is 15.9 Å². The summed E-state index contributed by atoms with van der Waals surface area (Å²) in [7, 11) is 0. The van der Waals surface area contributed by atoms with Crippen molar-refractivity contribution < 1.29 is 0 Å². The molecule has 2 aromatic rings. The van der Waals surface area contributed by atoms with Gasteiger partial charge in [0.2, 0.25) is 0 Å². The van der Waals surface area contributed by atoms with Crippen LogP contribution in [0.5, 0.6) is 0 Å². The third-order valence-corrected chi connectivity index (χ3v) is 3.07. The van der Waals surface area contributed by atoms with Gasteiger partial charge in [0.25, 0.3) is 0 Å². The highest BCUT2D eigenvalue weighted by molar-refractivity contribution is 9.10. The average Bonchev–Trinajstić information content (AvgIpc) is 2.68. The van der Waals surface area contributed by atoms with Crippen LogP contribution < -0.4 is 5.32 Å². The Labute approximate surface area is 104 Å². The summed E-state index contributed by atoms with van der Waals surface area (Å²) in [5, 5.41) is 3.46. The molecule has 0 unspecified atom stereocenters. The Morgan fingerprint density at radius 3 is 2.50 bits per heavy atom. The molecule has 1 aromatic carbocycles. The lowest BCUT2D eigenvalue weighted by atomic mass is 10.1. The summed E-state index contributed by atoms with van der Waals surface area (Å²) in [5.74, 6) is 0. The van der Waals surface area contributed by atoms with E-state index < -0.39 is 0 Å². The molecule has 0 bridgehead atoms. The number of aryl methyl sites for hydroxylation is 2. The molecular weight excluding hydrogens is 264 g/mol. The van der Waals surface area contributed by atoms with Gasteiger partial charge in [-0.25, -0.2) is 0 Å². The van der Waals surface area contributed by atoms with Crippen molar-refractivity contribution in [2.24, 2.45) is 0 Å². The highest BCUT2D eigenvalue weighted by Crippen LogP contribution is 2.25. The number of aromatic amines is 1. The third-order valence-electron chi connectivity index (χ3n) is 2.62. The Morgan fingerprint density at radius 2 is 1.94 bits per heavy atom. The van der Waals surface area contributed by atoms with E-state index in [-0.39, 0.29) is 0 Å². The first kappa shape index (κ1) is 11.3. The van der Waals surface area contributed by atoms with Gasteiger partial charge in [0, 0.05) is 22.1 Å². The molecule has 0 aliphatic heterocycles. The van der Waals surface area contributed by atoms with Gasteiger partial charge in [-0.15, -0.1) is 0 Å². The molecule has 0 aliphatic rings. The number of aromatic nitrogens is 1. The molecule has 1 aromatic heterocycles. The lowest BCUT2D eigenvalue weighted by molar-refractivity contribution is 1.06. The van der Waals surface area contributed by atoms with Crippen LogP contribution in [0.3, 0.4) is 0 Å². The van der Waals surface area contributed by atoms with Crippen LogP contribution in [-0.4, -0.2) is 4.98 Å². The number of hydrogen-bond donors (Lipinski definition) is 2. The number of hydrogen-bond acceptors (Lipinski definition) is 1. The Hall–Kier alpha value is -1.22. The second kappa shape index (κ2) is 4.74. The Balaban J connectivity index is 2.15. The van der Waals surface area contributed by atoms with E-state index in [0.29, 0.717) is 0 Å². The van der Waals surface area contributed by atoms with Gasteiger partial charge in [-0.2, -0.15) is 0 Å². The molecule has 0 fully saturated rings. The first-order chi connectivity index (χ1) is 7.66. The fourth-order valence-electron chi connectivity index (χ4n) is 1.85. The van der Waals surface area contributed by atoms with Crippen LogP contribution in [0.2, 0.25) is 0 Å². The normalized spacial score (nSPS) is 10.4. The summed E-state index contributed by atoms with van der Waals surface area (Å²) in [6.45, 7) is 5.07. The summed E-state index contributed by atoms with van der Waals surface area (Å²) < 4.78 is 1.13. The topological polar surface area (TPSA) is 27.8 Å². The maximum Gasteiger partial charge on any atom is 0.0551 e. The second-order valence-corrected chi connectivity index (χ2v) is 4.88. The molecule has 1 heterocycles. The summed E-state index contributed by atoms with van der Waals surface area (Å²) >= 11 is 3.50.